The molecule has 0 radical (unpaired) electrons. The van der Waals surface area contributed by atoms with Gasteiger partial charge in [-0.1, -0.05) is 30.0 Å². The molecule has 0 saturated carbocycles. The Bertz CT molecular complexity index is 1590. The highest BCUT2D eigenvalue weighted by molar-refractivity contribution is 7.99. The van der Waals surface area contributed by atoms with Crippen molar-refractivity contribution in [2.75, 3.05) is 24.3 Å². The number of rotatable bonds is 3. The van der Waals surface area contributed by atoms with E-state index >= 15 is 0 Å². The number of aromatic nitrogens is 1. The Kier molecular flexibility index (Phi) is 6.61. The molecule has 0 saturated heterocycles. The van der Waals surface area contributed by atoms with Gasteiger partial charge in [-0.3, -0.25) is 9.79 Å². The zero-order chi connectivity index (χ0) is 23.9. The van der Waals surface area contributed by atoms with Gasteiger partial charge in [-0.25, -0.2) is 4.68 Å². The monoisotopic (exact) mass is 534 g/mol. The van der Waals surface area contributed by atoms with Gasteiger partial charge in [0.25, 0.3) is 5.91 Å². The van der Waals surface area contributed by atoms with E-state index in [-0.39, 0.29) is 24.9 Å². The number of nitrogens with one attached hydrogen (secondary N) is 2. The normalized spacial score (nSPS) is 14.4. The van der Waals surface area contributed by atoms with Gasteiger partial charge in [-0.2, -0.15) is 5.10 Å². The summed E-state index contributed by atoms with van der Waals surface area (Å²) in [6, 6.07) is 20.4. The van der Waals surface area contributed by atoms with E-state index < -0.39 is 0 Å². The number of ether oxygens (including phenoxy) is 1. The predicted molar refractivity (Wildman–Crippen MR) is 141 cm³/mol. The summed E-state index contributed by atoms with van der Waals surface area (Å²) in [6.45, 7) is 2.04. The molecule has 7 nitrogen and oxygen atoms in total. The van der Waals surface area contributed by atoms with E-state index in [1.54, 1.807) is 18.8 Å². The topological polar surface area (TPSA) is 80.0 Å². The van der Waals surface area contributed by atoms with Crippen molar-refractivity contribution in [2.24, 2.45) is 10.1 Å². The first-order valence-electron chi connectivity index (χ1n) is 11.0. The summed E-state index contributed by atoms with van der Waals surface area (Å²) in [7, 11) is 1.76. The third-order valence-electron chi connectivity index (χ3n) is 5.81. The molecule has 0 fully saturated rings. The van der Waals surface area contributed by atoms with Crippen molar-refractivity contribution >= 4 is 51.8 Å². The predicted octanol–water partition coefficient (Wildman–Crippen LogP) is 2.56. The molecule has 0 unspecified atom stereocenters. The van der Waals surface area contributed by atoms with E-state index in [1.165, 1.54) is 21.1 Å². The molecule has 0 bridgehead atoms. The molecule has 2 aliphatic heterocycles. The number of thiazole rings is 1. The third-order valence-corrected chi connectivity index (χ3v) is 7.87. The van der Waals surface area contributed by atoms with Crippen molar-refractivity contribution in [1.29, 1.82) is 0 Å². The SMILES string of the molecule is CN=c1scc(-c2ccc3c(c2)NC(=O)CO3)n1/N=C(\C)c1ccc2c(c1)Nc1ccccc1S2.[Cl-]. The minimum atomic E-state index is -0.159. The van der Waals surface area contributed by atoms with Crippen molar-refractivity contribution in [2.45, 2.75) is 16.7 Å². The molecule has 3 aromatic carbocycles. The molecule has 0 aliphatic carbocycles. The first kappa shape index (κ1) is 24.2. The first-order valence-corrected chi connectivity index (χ1v) is 12.7. The van der Waals surface area contributed by atoms with E-state index in [9.17, 15) is 4.79 Å². The van der Waals surface area contributed by atoms with Crippen molar-refractivity contribution < 1.29 is 21.9 Å². The van der Waals surface area contributed by atoms with E-state index in [0.717, 1.165) is 38.7 Å². The summed E-state index contributed by atoms with van der Waals surface area (Å²) in [6.07, 6.45) is 0. The minimum Gasteiger partial charge on any atom is -1.00 e. The Hall–Kier alpha value is -3.53. The smallest absolute Gasteiger partial charge is 0.262 e. The number of amides is 1. The second-order valence-corrected chi connectivity index (χ2v) is 10.0. The van der Waals surface area contributed by atoms with Crippen LogP contribution in [-0.4, -0.2) is 29.9 Å². The average Bonchev–Trinajstić information content (AvgIpc) is 3.29. The van der Waals surface area contributed by atoms with Gasteiger partial charge in [0.2, 0.25) is 4.80 Å². The van der Waals surface area contributed by atoms with Crippen molar-refractivity contribution in [3.05, 3.63) is 76.4 Å². The number of carbonyl (C=O) groups excluding carboxylic acids is 1. The van der Waals surface area contributed by atoms with Gasteiger partial charge in [0.05, 0.1) is 28.5 Å². The Morgan fingerprint density at radius 2 is 1.83 bits per heavy atom. The quantitative estimate of drug-likeness (QED) is 0.349. The Balaban J connectivity index is 0.00000267. The number of hydrogen-bond donors (Lipinski definition) is 2. The maximum atomic E-state index is 11.8. The highest BCUT2D eigenvalue weighted by Gasteiger charge is 2.19. The number of hydrogen-bond acceptors (Lipinski definition) is 7. The second-order valence-electron chi connectivity index (χ2n) is 8.11. The summed E-state index contributed by atoms with van der Waals surface area (Å²) in [4.78, 5) is 19.4. The lowest BCUT2D eigenvalue weighted by molar-refractivity contribution is -0.118. The number of fused-ring (bicyclic) bond motifs is 3. The molecule has 6 rings (SSSR count). The molecule has 2 N–H and O–H groups in total. The third kappa shape index (κ3) is 4.41. The lowest BCUT2D eigenvalue weighted by Gasteiger charge is -2.21. The molecule has 182 valence electrons. The maximum Gasteiger partial charge on any atom is 0.262 e. The molecule has 36 heavy (non-hydrogen) atoms. The highest BCUT2D eigenvalue weighted by atomic mass is 35.5. The van der Waals surface area contributed by atoms with Crippen LogP contribution in [0.1, 0.15) is 12.5 Å². The van der Waals surface area contributed by atoms with Crippen LogP contribution in [0.25, 0.3) is 11.3 Å². The van der Waals surface area contributed by atoms with Crippen LogP contribution in [-0.2, 0) is 4.79 Å². The fraction of sp³-hybridized carbons (Fsp3) is 0.115. The Morgan fingerprint density at radius 3 is 2.69 bits per heavy atom. The van der Waals surface area contributed by atoms with Crippen molar-refractivity contribution in [3.8, 4) is 17.0 Å². The molecule has 0 atom stereocenters. The number of benzene rings is 3. The van der Waals surface area contributed by atoms with Crippen LogP contribution in [0.4, 0.5) is 17.1 Å². The van der Waals surface area contributed by atoms with Crippen LogP contribution in [0.5, 0.6) is 5.75 Å². The summed E-state index contributed by atoms with van der Waals surface area (Å²) >= 11 is 3.28. The molecule has 0 spiro atoms. The first-order chi connectivity index (χ1) is 17.1. The van der Waals surface area contributed by atoms with E-state index in [4.69, 9.17) is 9.84 Å². The Labute approximate surface area is 222 Å². The molecular weight excluding hydrogens is 514 g/mol. The van der Waals surface area contributed by atoms with Gasteiger partial charge in [-0.05, 0) is 55.0 Å². The van der Waals surface area contributed by atoms with Crippen molar-refractivity contribution in [3.63, 3.8) is 0 Å². The van der Waals surface area contributed by atoms with Crippen LogP contribution in [0.3, 0.4) is 0 Å². The van der Waals surface area contributed by atoms with Gasteiger partial charge in [-0.15, -0.1) is 11.3 Å². The minimum absolute atomic E-state index is 0. The van der Waals surface area contributed by atoms with Crippen LogP contribution < -0.4 is 32.6 Å². The molecule has 10 heteroatoms. The molecule has 4 aromatic rings. The van der Waals surface area contributed by atoms with Crippen LogP contribution in [0.15, 0.2) is 85.9 Å². The highest BCUT2D eigenvalue weighted by Crippen LogP contribution is 2.44. The molecule has 1 amide bonds. The average molecular weight is 535 g/mol. The van der Waals surface area contributed by atoms with Crippen LogP contribution in [0.2, 0.25) is 0 Å². The number of para-hydroxylation sites is 1. The zero-order valence-corrected chi connectivity index (χ0v) is 21.8. The van der Waals surface area contributed by atoms with Crippen LogP contribution in [0, 0.1) is 0 Å². The van der Waals surface area contributed by atoms with E-state index in [1.807, 2.05) is 41.2 Å². The zero-order valence-electron chi connectivity index (χ0n) is 19.4. The van der Waals surface area contributed by atoms with Gasteiger partial charge in [0.15, 0.2) is 6.61 Å². The van der Waals surface area contributed by atoms with E-state index in [0.29, 0.717) is 11.4 Å². The van der Waals surface area contributed by atoms with Gasteiger partial charge in [0.1, 0.15) is 5.75 Å². The maximum absolute atomic E-state index is 11.8. The van der Waals surface area contributed by atoms with Crippen LogP contribution >= 0.6 is 23.1 Å². The summed E-state index contributed by atoms with van der Waals surface area (Å²) < 4.78 is 7.35. The van der Waals surface area contributed by atoms with Crippen molar-refractivity contribution in [1.82, 2.24) is 4.68 Å². The largest absolute Gasteiger partial charge is 1.00 e. The molecule has 2 aliphatic rings. The lowest BCUT2D eigenvalue weighted by atomic mass is 10.1. The second kappa shape index (κ2) is 9.85. The molecular formula is C26H21ClN5O2S2-. The summed E-state index contributed by atoms with van der Waals surface area (Å²) in [5.74, 6) is 0.504. The number of anilines is 3. The summed E-state index contributed by atoms with van der Waals surface area (Å²) in [5, 5.41) is 13.4. The van der Waals surface area contributed by atoms with Gasteiger partial charge >= 0.3 is 0 Å². The summed E-state index contributed by atoms with van der Waals surface area (Å²) in [5.41, 5.74) is 6.53. The van der Waals surface area contributed by atoms with E-state index in [2.05, 4.69) is 52.0 Å². The number of carbonyl (C=O) groups is 1. The fourth-order valence-electron chi connectivity index (χ4n) is 4.06. The molecule has 3 heterocycles. The molecule has 1 aromatic heterocycles. The van der Waals surface area contributed by atoms with Gasteiger partial charge < -0.3 is 27.8 Å². The lowest BCUT2D eigenvalue weighted by Crippen LogP contribution is -3.00. The number of nitrogens with zero attached hydrogens (tertiary/aromatic N) is 3. The number of halogens is 1. The fourth-order valence-corrected chi connectivity index (χ4v) is 5.83. The standard InChI is InChI=1S/C26H21N5O2S2.ClH/c1-15(16-8-10-24-20(11-16)28-18-5-3-4-6-23(18)35-24)30-31-21(14-34-26(31)27-2)17-7-9-22-19(12-17)29-25(32)13-33-22;/h3-12,14,28H,13H2,1-2H3,(H,29,32);1H/p-1/b27-26?,30-15+;. The Morgan fingerprint density at radius 1 is 1.00 bits per heavy atom. The van der Waals surface area contributed by atoms with Gasteiger partial charge in [0, 0.05) is 27.8 Å².